The molecule has 0 unspecified atom stereocenters. The number of hydrogen-bond donors (Lipinski definition) is 1. The molecule has 0 saturated carbocycles. The van der Waals surface area contributed by atoms with Gasteiger partial charge in [-0.05, 0) is 37.1 Å². The zero-order chi connectivity index (χ0) is 18.0. The minimum atomic E-state index is -0.243. The van der Waals surface area contributed by atoms with Crippen molar-refractivity contribution in [1.29, 1.82) is 0 Å². The molecular weight excluding hydrogens is 386 g/mol. The number of benzene rings is 2. The monoisotopic (exact) mass is 400 g/mol. The lowest BCUT2D eigenvalue weighted by atomic mass is 9.95. The number of hydrogen-bond acceptors (Lipinski definition) is 2. The number of rotatable bonds is 3. The molecule has 3 rings (SSSR count). The highest BCUT2D eigenvalue weighted by atomic mass is 35.5. The number of carbonyl (C=O) groups excluding carboxylic acids is 1. The smallest absolute Gasteiger partial charge is 0.227 e. The summed E-state index contributed by atoms with van der Waals surface area (Å²) in [7, 11) is 0. The molecule has 0 aliphatic carbocycles. The van der Waals surface area contributed by atoms with Crippen LogP contribution in [0.1, 0.15) is 12.8 Å². The van der Waals surface area contributed by atoms with Crippen LogP contribution in [0.4, 0.5) is 15.8 Å². The highest BCUT2D eigenvalue weighted by Crippen LogP contribution is 2.33. The topological polar surface area (TPSA) is 32.3 Å². The largest absolute Gasteiger partial charge is 0.369 e. The van der Waals surface area contributed by atoms with Gasteiger partial charge in [-0.25, -0.2) is 4.39 Å². The summed E-state index contributed by atoms with van der Waals surface area (Å²) in [6, 6.07) is 9.72. The van der Waals surface area contributed by atoms with Crippen molar-refractivity contribution >= 4 is 52.1 Å². The van der Waals surface area contributed by atoms with E-state index in [1.807, 2.05) is 11.0 Å². The molecule has 0 spiro atoms. The van der Waals surface area contributed by atoms with Crippen LogP contribution in [0.3, 0.4) is 0 Å². The zero-order valence-corrected chi connectivity index (χ0v) is 15.5. The van der Waals surface area contributed by atoms with Gasteiger partial charge < -0.3 is 10.2 Å². The minimum Gasteiger partial charge on any atom is -0.369 e. The van der Waals surface area contributed by atoms with Crippen LogP contribution in [0, 0.1) is 11.7 Å². The van der Waals surface area contributed by atoms with Crippen molar-refractivity contribution in [1.82, 2.24) is 0 Å². The molecule has 0 radical (unpaired) electrons. The summed E-state index contributed by atoms with van der Waals surface area (Å²) < 4.78 is 13.9. The fourth-order valence-corrected chi connectivity index (χ4v) is 3.54. The van der Waals surface area contributed by atoms with Gasteiger partial charge in [-0.2, -0.15) is 0 Å². The molecule has 1 aliphatic heterocycles. The molecule has 1 saturated heterocycles. The summed E-state index contributed by atoms with van der Waals surface area (Å²) in [5, 5.41) is 3.81. The lowest BCUT2D eigenvalue weighted by Gasteiger charge is -2.33. The van der Waals surface area contributed by atoms with Crippen LogP contribution in [0.2, 0.25) is 15.1 Å². The van der Waals surface area contributed by atoms with Crippen molar-refractivity contribution in [3.8, 4) is 0 Å². The van der Waals surface area contributed by atoms with Gasteiger partial charge in [-0.1, -0.05) is 46.9 Å². The van der Waals surface area contributed by atoms with Crippen molar-refractivity contribution in [2.45, 2.75) is 12.8 Å². The number of anilines is 2. The summed E-state index contributed by atoms with van der Waals surface area (Å²) in [5.41, 5.74) is 1.02. The Morgan fingerprint density at radius 3 is 2.36 bits per heavy atom. The third-order valence-electron chi connectivity index (χ3n) is 4.33. The van der Waals surface area contributed by atoms with Crippen molar-refractivity contribution in [3.05, 3.63) is 57.3 Å². The van der Waals surface area contributed by atoms with Crippen LogP contribution in [-0.4, -0.2) is 19.0 Å². The van der Waals surface area contributed by atoms with Crippen LogP contribution >= 0.6 is 34.8 Å². The average Bonchev–Trinajstić information content (AvgIpc) is 2.60. The standard InChI is InChI=1S/C18H16Cl3FN2O/c19-12-9-14(21)16(10-13(12)20)23-18(25)11-5-7-24(8-6-11)17-4-2-1-3-15(17)22/h1-4,9-11H,5-8H2,(H,23,25). The van der Waals surface area contributed by atoms with Crippen molar-refractivity contribution in [2.75, 3.05) is 23.3 Å². The Balaban J connectivity index is 1.62. The average molecular weight is 402 g/mol. The van der Waals surface area contributed by atoms with E-state index in [0.29, 0.717) is 52.4 Å². The van der Waals surface area contributed by atoms with Gasteiger partial charge in [-0.15, -0.1) is 0 Å². The number of nitrogens with zero attached hydrogens (tertiary/aromatic N) is 1. The van der Waals surface area contributed by atoms with Gasteiger partial charge in [-0.3, -0.25) is 4.79 Å². The fourth-order valence-electron chi connectivity index (χ4n) is 2.94. The van der Waals surface area contributed by atoms with Crippen LogP contribution in [0.15, 0.2) is 36.4 Å². The summed E-state index contributed by atoms with van der Waals surface area (Å²) >= 11 is 18.0. The van der Waals surface area contributed by atoms with Crippen LogP contribution in [0.25, 0.3) is 0 Å². The third-order valence-corrected chi connectivity index (χ3v) is 5.36. The summed E-state index contributed by atoms with van der Waals surface area (Å²) in [5.74, 6) is -0.519. The molecule has 2 aromatic rings. The second-order valence-corrected chi connectivity index (χ2v) is 7.17. The molecule has 2 aromatic carbocycles. The predicted octanol–water partition coefficient (Wildman–Crippen LogP) is 5.64. The molecule has 1 heterocycles. The lowest BCUT2D eigenvalue weighted by molar-refractivity contribution is -0.120. The van der Waals surface area contributed by atoms with E-state index >= 15 is 0 Å². The summed E-state index contributed by atoms with van der Waals surface area (Å²) in [6.45, 7) is 1.24. The van der Waals surface area contributed by atoms with Crippen molar-refractivity contribution in [2.24, 2.45) is 5.92 Å². The Hall–Kier alpha value is -1.49. The SMILES string of the molecule is O=C(Nc1cc(Cl)c(Cl)cc1Cl)C1CCN(c2ccccc2F)CC1. The van der Waals surface area contributed by atoms with E-state index in [1.54, 1.807) is 18.2 Å². The maximum atomic E-state index is 13.9. The minimum absolute atomic E-state index is 0.117. The van der Waals surface area contributed by atoms with E-state index < -0.39 is 0 Å². The number of para-hydroxylation sites is 1. The van der Waals surface area contributed by atoms with E-state index in [9.17, 15) is 9.18 Å². The molecular formula is C18H16Cl3FN2O. The predicted molar refractivity (Wildman–Crippen MR) is 101 cm³/mol. The van der Waals surface area contributed by atoms with Gasteiger partial charge in [0, 0.05) is 19.0 Å². The highest BCUT2D eigenvalue weighted by Gasteiger charge is 2.26. The van der Waals surface area contributed by atoms with Crippen LogP contribution in [-0.2, 0) is 4.79 Å². The summed E-state index contributed by atoms with van der Waals surface area (Å²) in [4.78, 5) is 14.5. The number of amides is 1. The summed E-state index contributed by atoms with van der Waals surface area (Å²) in [6.07, 6.45) is 1.28. The van der Waals surface area contributed by atoms with E-state index in [0.717, 1.165) is 0 Å². The Morgan fingerprint density at radius 2 is 1.68 bits per heavy atom. The Labute approximate surface area is 160 Å². The number of piperidine rings is 1. The van der Waals surface area contributed by atoms with Gasteiger partial charge in [0.1, 0.15) is 5.82 Å². The number of halogens is 4. The maximum Gasteiger partial charge on any atom is 0.227 e. The maximum absolute atomic E-state index is 13.9. The first-order chi connectivity index (χ1) is 12.0. The molecule has 1 N–H and O–H groups in total. The fraction of sp³-hybridized carbons (Fsp3) is 0.278. The van der Waals surface area contributed by atoms with Gasteiger partial charge in [0.25, 0.3) is 0 Å². The molecule has 0 aromatic heterocycles. The van der Waals surface area contributed by atoms with E-state index in [4.69, 9.17) is 34.8 Å². The molecule has 25 heavy (non-hydrogen) atoms. The Bertz CT molecular complexity index is 792. The molecule has 1 fully saturated rings. The van der Waals surface area contributed by atoms with Gasteiger partial charge in [0.2, 0.25) is 5.91 Å². The van der Waals surface area contributed by atoms with Crippen LogP contribution < -0.4 is 10.2 Å². The highest BCUT2D eigenvalue weighted by molar-refractivity contribution is 6.44. The molecule has 0 bridgehead atoms. The Morgan fingerprint density at radius 1 is 1.04 bits per heavy atom. The molecule has 7 heteroatoms. The molecule has 132 valence electrons. The van der Waals surface area contributed by atoms with Gasteiger partial charge in [0.05, 0.1) is 26.4 Å². The first-order valence-electron chi connectivity index (χ1n) is 7.90. The zero-order valence-electron chi connectivity index (χ0n) is 13.2. The molecule has 1 amide bonds. The molecule has 1 aliphatic rings. The second kappa shape index (κ2) is 7.81. The second-order valence-electron chi connectivity index (χ2n) is 5.95. The number of nitrogens with one attached hydrogen (secondary N) is 1. The first-order valence-corrected chi connectivity index (χ1v) is 9.04. The van der Waals surface area contributed by atoms with Gasteiger partial charge >= 0.3 is 0 Å². The normalized spacial score (nSPS) is 15.3. The third kappa shape index (κ3) is 4.20. The van der Waals surface area contributed by atoms with E-state index in [1.165, 1.54) is 12.1 Å². The quantitative estimate of drug-likeness (QED) is 0.675. The van der Waals surface area contributed by atoms with Crippen molar-refractivity contribution in [3.63, 3.8) is 0 Å². The van der Waals surface area contributed by atoms with Gasteiger partial charge in [0.15, 0.2) is 0 Å². The van der Waals surface area contributed by atoms with Crippen molar-refractivity contribution < 1.29 is 9.18 Å². The number of carbonyl (C=O) groups is 1. The molecule has 3 nitrogen and oxygen atoms in total. The Kier molecular flexibility index (Phi) is 5.72. The first kappa shape index (κ1) is 18.3. The van der Waals surface area contributed by atoms with E-state index in [2.05, 4.69) is 5.32 Å². The van der Waals surface area contributed by atoms with E-state index in [-0.39, 0.29) is 17.6 Å². The lowest BCUT2D eigenvalue weighted by Crippen LogP contribution is -2.38. The van der Waals surface area contributed by atoms with Crippen LogP contribution in [0.5, 0.6) is 0 Å². The molecule has 0 atom stereocenters.